The predicted molar refractivity (Wildman–Crippen MR) is 191 cm³/mol. The summed E-state index contributed by atoms with van der Waals surface area (Å²) < 4.78 is 0. The molecule has 44 heavy (non-hydrogen) atoms. The zero-order valence-electron chi connectivity index (χ0n) is 29.3. The largest absolute Gasteiger partial charge is 0.507 e. The first-order valence-corrected chi connectivity index (χ1v) is 17.6. The first kappa shape index (κ1) is 37.4. The van der Waals surface area contributed by atoms with Gasteiger partial charge in [-0.05, 0) is 84.1 Å². The number of phenolic OH excluding ortho intramolecular Hbond substituents is 1. The lowest BCUT2D eigenvalue weighted by atomic mass is 9.78. The highest BCUT2D eigenvalue weighted by Gasteiger charge is 2.26. The van der Waals surface area contributed by atoms with Gasteiger partial charge in [0, 0.05) is 12.2 Å². The van der Waals surface area contributed by atoms with Gasteiger partial charge in [-0.3, -0.25) is 0 Å². The van der Waals surface area contributed by atoms with E-state index in [2.05, 4.69) is 89.5 Å². The summed E-state index contributed by atoms with van der Waals surface area (Å²) >= 11 is 0. The van der Waals surface area contributed by atoms with E-state index in [1.165, 1.54) is 76.2 Å². The van der Waals surface area contributed by atoms with E-state index in [-0.39, 0.29) is 16.9 Å². The van der Waals surface area contributed by atoms with Crippen LogP contribution in [0.4, 0.5) is 10.5 Å². The molecule has 0 unspecified atom stereocenters. The number of rotatable bonds is 19. The minimum atomic E-state index is -0.151. The molecule has 2 aromatic rings. The number of aromatic hydroxyl groups is 1. The van der Waals surface area contributed by atoms with E-state index in [0.717, 1.165) is 48.1 Å². The Morgan fingerprint density at radius 3 is 1.82 bits per heavy atom. The fraction of sp³-hybridized carbons (Fsp3) is 0.625. The Morgan fingerprint density at radius 2 is 1.25 bits per heavy atom. The lowest BCUT2D eigenvalue weighted by Crippen LogP contribution is -2.29. The van der Waals surface area contributed by atoms with Crippen LogP contribution in [-0.4, -0.2) is 17.7 Å². The summed E-state index contributed by atoms with van der Waals surface area (Å²) in [6, 6.07) is 12.2. The van der Waals surface area contributed by atoms with Gasteiger partial charge < -0.3 is 15.7 Å². The number of carbonyl (C=O) groups is 1. The van der Waals surface area contributed by atoms with Crippen LogP contribution in [0.2, 0.25) is 0 Å². The van der Waals surface area contributed by atoms with Crippen molar-refractivity contribution < 1.29 is 9.90 Å². The van der Waals surface area contributed by atoms with Crippen LogP contribution in [0.5, 0.6) is 5.75 Å². The molecule has 3 N–H and O–H groups in total. The molecule has 0 saturated carbocycles. The molecule has 2 rings (SSSR count). The SMILES string of the molecule is CCCCCCCC/C=C/CCCCCCCNC(=O)Nc1ccccc1CCc1cc(C(C)(C)C)c(O)c(C(C)(C)C)c1. The van der Waals surface area contributed by atoms with Gasteiger partial charge in [-0.1, -0.05) is 142 Å². The maximum absolute atomic E-state index is 12.7. The molecule has 246 valence electrons. The molecule has 0 aromatic heterocycles. The van der Waals surface area contributed by atoms with Gasteiger partial charge in [0.15, 0.2) is 0 Å². The highest BCUT2D eigenvalue weighted by Crippen LogP contribution is 2.40. The van der Waals surface area contributed by atoms with E-state index in [1.54, 1.807) is 0 Å². The number of benzene rings is 2. The summed E-state index contributed by atoms with van der Waals surface area (Å²) in [7, 11) is 0. The fourth-order valence-electron chi connectivity index (χ4n) is 5.69. The Hall–Kier alpha value is -2.75. The molecule has 0 atom stereocenters. The summed E-state index contributed by atoms with van der Waals surface area (Å²) in [6.07, 6.45) is 22.9. The molecule has 2 aromatic carbocycles. The molecular formula is C40H64N2O2. The second kappa shape index (κ2) is 19.6. The third-order valence-electron chi connectivity index (χ3n) is 8.46. The Labute approximate surface area is 270 Å². The number of unbranched alkanes of at least 4 members (excludes halogenated alkanes) is 11. The highest BCUT2D eigenvalue weighted by molar-refractivity contribution is 5.90. The van der Waals surface area contributed by atoms with E-state index in [4.69, 9.17) is 0 Å². The minimum absolute atomic E-state index is 0.136. The number of para-hydroxylation sites is 1. The molecule has 0 aliphatic rings. The van der Waals surface area contributed by atoms with Crippen LogP contribution in [0.3, 0.4) is 0 Å². The van der Waals surface area contributed by atoms with Crippen molar-refractivity contribution in [2.75, 3.05) is 11.9 Å². The van der Waals surface area contributed by atoms with E-state index in [1.807, 2.05) is 18.2 Å². The van der Waals surface area contributed by atoms with Crippen LogP contribution in [0, 0.1) is 0 Å². The van der Waals surface area contributed by atoms with Crippen LogP contribution in [0.25, 0.3) is 0 Å². The van der Waals surface area contributed by atoms with Crippen molar-refractivity contribution in [3.63, 3.8) is 0 Å². The third kappa shape index (κ3) is 14.4. The average Bonchev–Trinajstić information content (AvgIpc) is 2.95. The van der Waals surface area contributed by atoms with Gasteiger partial charge in [-0.15, -0.1) is 0 Å². The second-order valence-electron chi connectivity index (χ2n) is 14.7. The molecule has 0 heterocycles. The number of urea groups is 1. The van der Waals surface area contributed by atoms with Gasteiger partial charge >= 0.3 is 6.03 Å². The number of phenols is 1. The molecule has 0 saturated heterocycles. The Balaban J connectivity index is 1.72. The quantitative estimate of drug-likeness (QED) is 0.110. The van der Waals surface area contributed by atoms with E-state index >= 15 is 0 Å². The summed E-state index contributed by atoms with van der Waals surface area (Å²) in [6.45, 7) is 15.8. The van der Waals surface area contributed by atoms with E-state index in [9.17, 15) is 9.90 Å². The van der Waals surface area contributed by atoms with Crippen LogP contribution in [-0.2, 0) is 23.7 Å². The zero-order chi connectivity index (χ0) is 32.4. The molecule has 0 fully saturated rings. The van der Waals surface area contributed by atoms with Crippen LogP contribution in [0.15, 0.2) is 48.6 Å². The van der Waals surface area contributed by atoms with Crippen molar-refractivity contribution in [2.24, 2.45) is 0 Å². The van der Waals surface area contributed by atoms with Crippen molar-refractivity contribution in [3.05, 3.63) is 70.8 Å². The molecule has 4 nitrogen and oxygen atoms in total. The van der Waals surface area contributed by atoms with Crippen LogP contribution in [0.1, 0.15) is 154 Å². The summed E-state index contributed by atoms with van der Waals surface area (Å²) in [5.41, 5.74) is 4.86. The Kier molecular flexibility index (Phi) is 16.7. The lowest BCUT2D eigenvalue weighted by molar-refractivity contribution is 0.252. The highest BCUT2D eigenvalue weighted by atomic mass is 16.3. The fourth-order valence-corrected chi connectivity index (χ4v) is 5.69. The molecule has 0 aliphatic carbocycles. The number of hydrogen-bond donors (Lipinski definition) is 3. The summed E-state index contributed by atoms with van der Waals surface area (Å²) in [5.74, 6) is 0.415. The number of hydrogen-bond acceptors (Lipinski definition) is 2. The van der Waals surface area contributed by atoms with Gasteiger partial charge in [0.25, 0.3) is 0 Å². The van der Waals surface area contributed by atoms with Crippen molar-refractivity contribution >= 4 is 11.7 Å². The number of amides is 2. The zero-order valence-corrected chi connectivity index (χ0v) is 29.3. The second-order valence-corrected chi connectivity index (χ2v) is 14.7. The first-order chi connectivity index (χ1) is 20.9. The monoisotopic (exact) mass is 604 g/mol. The van der Waals surface area contributed by atoms with Crippen LogP contribution >= 0.6 is 0 Å². The maximum Gasteiger partial charge on any atom is 0.319 e. The van der Waals surface area contributed by atoms with Gasteiger partial charge in [-0.2, -0.15) is 0 Å². The van der Waals surface area contributed by atoms with Crippen molar-refractivity contribution in [1.29, 1.82) is 0 Å². The van der Waals surface area contributed by atoms with Crippen molar-refractivity contribution in [1.82, 2.24) is 5.32 Å². The lowest BCUT2D eigenvalue weighted by Gasteiger charge is -2.28. The van der Waals surface area contributed by atoms with Gasteiger partial charge in [0.2, 0.25) is 0 Å². The van der Waals surface area contributed by atoms with Crippen molar-refractivity contribution in [3.8, 4) is 5.75 Å². The number of allylic oxidation sites excluding steroid dienone is 2. The average molecular weight is 605 g/mol. The third-order valence-corrected chi connectivity index (χ3v) is 8.46. The number of aryl methyl sites for hydroxylation is 2. The summed E-state index contributed by atoms with van der Waals surface area (Å²) in [4.78, 5) is 12.7. The standard InChI is InChI=1S/C40H64N2O2/c1-8-9-10-11-12-13-14-15-16-17-18-19-20-21-24-29-41-38(44)42-36-26-23-22-25-33(36)28-27-32-30-34(39(2,3)4)37(43)35(31-32)40(5,6)7/h15-16,22-23,25-26,30-31,43H,8-14,17-21,24,27-29H2,1-7H3,(H2,41,42,44)/b16-15+. The molecule has 0 radical (unpaired) electrons. The predicted octanol–water partition coefficient (Wildman–Crippen LogP) is 11.5. The first-order valence-electron chi connectivity index (χ1n) is 17.6. The molecule has 4 heteroatoms. The Bertz CT molecular complexity index is 1100. The molecule has 2 amide bonds. The van der Waals surface area contributed by atoms with E-state index in [0.29, 0.717) is 12.3 Å². The van der Waals surface area contributed by atoms with E-state index < -0.39 is 0 Å². The molecule has 0 aliphatic heterocycles. The number of carbonyl (C=O) groups excluding carboxylic acids is 1. The minimum Gasteiger partial charge on any atom is -0.507 e. The molecule has 0 spiro atoms. The Morgan fingerprint density at radius 1 is 0.727 bits per heavy atom. The maximum atomic E-state index is 12.7. The number of nitrogens with one attached hydrogen (secondary N) is 2. The van der Waals surface area contributed by atoms with Crippen LogP contribution < -0.4 is 10.6 Å². The van der Waals surface area contributed by atoms with Gasteiger partial charge in [0.1, 0.15) is 5.75 Å². The van der Waals surface area contributed by atoms with Gasteiger partial charge in [0.05, 0.1) is 0 Å². The number of anilines is 1. The summed E-state index contributed by atoms with van der Waals surface area (Å²) in [5, 5.41) is 17.2. The smallest absolute Gasteiger partial charge is 0.319 e. The van der Waals surface area contributed by atoms with Gasteiger partial charge in [-0.25, -0.2) is 4.79 Å². The van der Waals surface area contributed by atoms with Crippen molar-refractivity contribution in [2.45, 2.75) is 156 Å². The topological polar surface area (TPSA) is 61.4 Å². The normalized spacial score (nSPS) is 12.2. The molecule has 0 bridgehead atoms. The molecular weight excluding hydrogens is 540 g/mol.